The van der Waals surface area contributed by atoms with Gasteiger partial charge in [-0.1, -0.05) is 45.0 Å². The van der Waals surface area contributed by atoms with Crippen molar-refractivity contribution in [2.75, 3.05) is 6.61 Å². The van der Waals surface area contributed by atoms with Gasteiger partial charge in [-0.2, -0.15) is 0 Å². The third-order valence-electron chi connectivity index (χ3n) is 3.47. The molecule has 2 aromatic carbocycles. The maximum Gasteiger partial charge on any atom is 0.258 e. The van der Waals surface area contributed by atoms with Crippen molar-refractivity contribution in [1.82, 2.24) is 5.32 Å². The average molecular weight is 315 g/mol. The predicted octanol–water partition coefficient (Wildman–Crippen LogP) is 3.82. The Kier molecular flexibility index (Phi) is 5.37. The van der Waals surface area contributed by atoms with Gasteiger partial charge in [0.1, 0.15) is 11.6 Å². The summed E-state index contributed by atoms with van der Waals surface area (Å²) in [6.07, 6.45) is 0. The molecule has 0 heterocycles. The molecule has 0 aliphatic carbocycles. The number of nitrogens with one attached hydrogen (secondary N) is 1. The molecule has 1 amide bonds. The first-order valence-electron chi connectivity index (χ1n) is 7.59. The molecule has 0 atom stereocenters. The highest BCUT2D eigenvalue weighted by Gasteiger charge is 2.14. The first-order valence-corrected chi connectivity index (χ1v) is 7.59. The van der Waals surface area contributed by atoms with Gasteiger partial charge < -0.3 is 10.1 Å². The van der Waals surface area contributed by atoms with Crippen LogP contribution in [0.3, 0.4) is 0 Å². The number of carbonyl (C=O) groups is 1. The highest BCUT2D eigenvalue weighted by Crippen LogP contribution is 2.25. The summed E-state index contributed by atoms with van der Waals surface area (Å²) in [5.74, 6) is 0.173. The van der Waals surface area contributed by atoms with Crippen molar-refractivity contribution >= 4 is 5.91 Å². The maximum absolute atomic E-state index is 12.8. The lowest BCUT2D eigenvalue weighted by Gasteiger charge is -2.19. The summed E-state index contributed by atoms with van der Waals surface area (Å²) in [5, 5.41) is 2.75. The molecule has 0 radical (unpaired) electrons. The Morgan fingerprint density at radius 2 is 1.83 bits per heavy atom. The van der Waals surface area contributed by atoms with Crippen molar-refractivity contribution in [2.24, 2.45) is 0 Å². The molecule has 0 aliphatic heterocycles. The summed E-state index contributed by atoms with van der Waals surface area (Å²) in [6.45, 7) is 6.68. The van der Waals surface area contributed by atoms with E-state index in [4.69, 9.17) is 4.74 Å². The van der Waals surface area contributed by atoms with Crippen LogP contribution in [0, 0.1) is 5.82 Å². The van der Waals surface area contributed by atoms with Gasteiger partial charge in [0, 0.05) is 6.54 Å². The first-order chi connectivity index (χ1) is 10.8. The monoisotopic (exact) mass is 315 g/mol. The van der Waals surface area contributed by atoms with Gasteiger partial charge in [-0.3, -0.25) is 4.79 Å². The van der Waals surface area contributed by atoms with Crippen LogP contribution < -0.4 is 10.1 Å². The van der Waals surface area contributed by atoms with Gasteiger partial charge in [0.25, 0.3) is 5.91 Å². The molecule has 2 aromatic rings. The molecule has 2 rings (SSSR count). The lowest BCUT2D eigenvalue weighted by molar-refractivity contribution is -0.123. The number of ether oxygens (including phenoxy) is 1. The van der Waals surface area contributed by atoms with Crippen LogP contribution in [0.4, 0.5) is 4.39 Å². The molecule has 0 fully saturated rings. The second kappa shape index (κ2) is 7.27. The molecule has 0 saturated heterocycles. The first kappa shape index (κ1) is 17.0. The van der Waals surface area contributed by atoms with Crippen molar-refractivity contribution in [1.29, 1.82) is 0 Å². The SMILES string of the molecule is CC(C)(C)c1cccc(OCC(=O)NCc2ccc(F)cc2)c1. The summed E-state index contributed by atoms with van der Waals surface area (Å²) in [5.41, 5.74) is 2.03. The van der Waals surface area contributed by atoms with E-state index in [1.165, 1.54) is 12.1 Å². The molecule has 0 saturated carbocycles. The smallest absolute Gasteiger partial charge is 0.258 e. The van der Waals surface area contributed by atoms with E-state index < -0.39 is 0 Å². The number of hydrogen-bond donors (Lipinski definition) is 1. The van der Waals surface area contributed by atoms with Gasteiger partial charge in [-0.15, -0.1) is 0 Å². The third kappa shape index (κ3) is 5.40. The Morgan fingerprint density at radius 3 is 2.48 bits per heavy atom. The van der Waals surface area contributed by atoms with Crippen molar-refractivity contribution in [3.05, 3.63) is 65.5 Å². The van der Waals surface area contributed by atoms with Crippen molar-refractivity contribution < 1.29 is 13.9 Å². The van der Waals surface area contributed by atoms with E-state index >= 15 is 0 Å². The Hall–Kier alpha value is -2.36. The van der Waals surface area contributed by atoms with Crippen LogP contribution in [0.25, 0.3) is 0 Å². The predicted molar refractivity (Wildman–Crippen MR) is 88.9 cm³/mol. The van der Waals surface area contributed by atoms with Crippen LogP contribution in [0.1, 0.15) is 31.9 Å². The Labute approximate surface area is 136 Å². The molecule has 3 nitrogen and oxygen atoms in total. The quantitative estimate of drug-likeness (QED) is 0.911. The van der Waals surface area contributed by atoms with Gasteiger partial charge in [-0.05, 0) is 40.8 Å². The number of carbonyl (C=O) groups excluding carboxylic acids is 1. The number of amides is 1. The van der Waals surface area contributed by atoms with Gasteiger partial charge in [0.2, 0.25) is 0 Å². The van der Waals surface area contributed by atoms with Crippen molar-refractivity contribution in [2.45, 2.75) is 32.7 Å². The number of hydrogen-bond acceptors (Lipinski definition) is 2. The zero-order chi connectivity index (χ0) is 16.9. The Bertz CT molecular complexity index is 660. The van der Waals surface area contributed by atoms with Crippen molar-refractivity contribution in [3.63, 3.8) is 0 Å². The largest absolute Gasteiger partial charge is 0.484 e. The van der Waals surface area contributed by atoms with Crippen LogP contribution in [-0.4, -0.2) is 12.5 Å². The minimum absolute atomic E-state index is 0.0320. The lowest BCUT2D eigenvalue weighted by Crippen LogP contribution is -2.28. The molecule has 0 spiro atoms. The fourth-order valence-electron chi connectivity index (χ4n) is 2.06. The fourth-order valence-corrected chi connectivity index (χ4v) is 2.06. The molecule has 23 heavy (non-hydrogen) atoms. The molecular weight excluding hydrogens is 293 g/mol. The van der Waals surface area contributed by atoms with Crippen LogP contribution in [-0.2, 0) is 16.8 Å². The zero-order valence-corrected chi connectivity index (χ0v) is 13.7. The molecule has 0 aromatic heterocycles. The molecule has 0 aliphatic rings. The van der Waals surface area contributed by atoms with Gasteiger partial charge in [0.05, 0.1) is 0 Å². The second-order valence-electron chi connectivity index (χ2n) is 6.47. The van der Waals surface area contributed by atoms with Crippen LogP contribution in [0.2, 0.25) is 0 Å². The van der Waals surface area contributed by atoms with Gasteiger partial charge >= 0.3 is 0 Å². The van der Waals surface area contributed by atoms with E-state index in [0.717, 1.165) is 11.1 Å². The third-order valence-corrected chi connectivity index (χ3v) is 3.47. The van der Waals surface area contributed by atoms with E-state index in [9.17, 15) is 9.18 Å². The summed E-state index contributed by atoms with van der Waals surface area (Å²) in [7, 11) is 0. The molecule has 4 heteroatoms. The molecule has 0 unspecified atom stereocenters. The topological polar surface area (TPSA) is 38.3 Å². The van der Waals surface area contributed by atoms with E-state index in [-0.39, 0.29) is 23.7 Å². The van der Waals surface area contributed by atoms with Crippen LogP contribution in [0.15, 0.2) is 48.5 Å². The molecule has 1 N–H and O–H groups in total. The normalized spacial score (nSPS) is 11.1. The van der Waals surface area contributed by atoms with Gasteiger partial charge in [-0.25, -0.2) is 4.39 Å². The fraction of sp³-hybridized carbons (Fsp3) is 0.316. The van der Waals surface area contributed by atoms with Crippen molar-refractivity contribution in [3.8, 4) is 5.75 Å². The van der Waals surface area contributed by atoms with E-state index in [1.807, 2.05) is 24.3 Å². The van der Waals surface area contributed by atoms with E-state index in [0.29, 0.717) is 12.3 Å². The number of halogens is 1. The standard InChI is InChI=1S/C19H22FNO2/c1-19(2,3)15-5-4-6-17(11-15)23-13-18(22)21-12-14-7-9-16(20)10-8-14/h4-11H,12-13H2,1-3H3,(H,21,22). The summed E-state index contributed by atoms with van der Waals surface area (Å²) >= 11 is 0. The highest BCUT2D eigenvalue weighted by atomic mass is 19.1. The summed E-state index contributed by atoms with van der Waals surface area (Å²) in [4.78, 5) is 11.8. The second-order valence-corrected chi connectivity index (χ2v) is 6.47. The van der Waals surface area contributed by atoms with E-state index in [1.54, 1.807) is 12.1 Å². The maximum atomic E-state index is 12.8. The Morgan fingerprint density at radius 1 is 1.13 bits per heavy atom. The number of benzene rings is 2. The average Bonchev–Trinajstić information content (AvgIpc) is 2.52. The zero-order valence-electron chi connectivity index (χ0n) is 13.7. The minimum Gasteiger partial charge on any atom is -0.484 e. The lowest BCUT2D eigenvalue weighted by atomic mass is 9.87. The summed E-state index contributed by atoms with van der Waals surface area (Å²) < 4.78 is 18.3. The molecular formula is C19H22FNO2. The number of rotatable bonds is 5. The van der Waals surface area contributed by atoms with E-state index in [2.05, 4.69) is 26.1 Å². The highest BCUT2D eigenvalue weighted by molar-refractivity contribution is 5.77. The van der Waals surface area contributed by atoms with Crippen LogP contribution >= 0.6 is 0 Å². The molecule has 0 bridgehead atoms. The molecule has 122 valence electrons. The minimum atomic E-state index is -0.290. The Balaban J connectivity index is 1.83. The van der Waals surface area contributed by atoms with Crippen LogP contribution in [0.5, 0.6) is 5.75 Å². The summed E-state index contributed by atoms with van der Waals surface area (Å²) in [6, 6.07) is 13.8. The van der Waals surface area contributed by atoms with Gasteiger partial charge in [0.15, 0.2) is 6.61 Å².